The maximum atomic E-state index is 12.5. The number of nitrogens with zero attached hydrogens (tertiary/aromatic N) is 2. The Morgan fingerprint density at radius 2 is 2.05 bits per heavy atom. The zero-order chi connectivity index (χ0) is 16.3. The van der Waals surface area contributed by atoms with Crippen molar-refractivity contribution in [2.75, 3.05) is 13.7 Å². The van der Waals surface area contributed by atoms with Crippen molar-refractivity contribution in [3.63, 3.8) is 0 Å². The summed E-state index contributed by atoms with van der Waals surface area (Å²) in [4.78, 5) is 24.1. The van der Waals surface area contributed by atoms with Crippen molar-refractivity contribution in [1.29, 1.82) is 0 Å². The second kappa shape index (κ2) is 6.60. The summed E-state index contributed by atoms with van der Waals surface area (Å²) < 4.78 is 11.3. The molecule has 2 aromatic rings. The Kier molecular flexibility index (Phi) is 4.80. The van der Waals surface area contributed by atoms with Crippen molar-refractivity contribution in [2.45, 2.75) is 33.2 Å². The van der Waals surface area contributed by atoms with Crippen LogP contribution in [0.2, 0.25) is 0 Å². The molecule has 1 aromatic heterocycles. The standard InChI is InChI=1S/C16H20N2O4/c1-5-22-14(19)9-18-16(20)12-7-6-11(21-4)8-13(12)15(17-18)10(2)3/h6-8,10H,5,9H2,1-4H3. The second-order valence-electron chi connectivity index (χ2n) is 5.22. The lowest BCUT2D eigenvalue weighted by atomic mass is 10.0. The lowest BCUT2D eigenvalue weighted by Crippen LogP contribution is -2.29. The van der Waals surface area contributed by atoms with E-state index in [-0.39, 0.29) is 24.6 Å². The van der Waals surface area contributed by atoms with Crippen molar-refractivity contribution in [1.82, 2.24) is 9.78 Å². The van der Waals surface area contributed by atoms with Gasteiger partial charge in [-0.2, -0.15) is 5.10 Å². The summed E-state index contributed by atoms with van der Waals surface area (Å²) in [6, 6.07) is 5.22. The van der Waals surface area contributed by atoms with Crippen LogP contribution < -0.4 is 10.3 Å². The molecule has 0 radical (unpaired) electrons. The van der Waals surface area contributed by atoms with E-state index in [9.17, 15) is 9.59 Å². The third-order valence-corrected chi connectivity index (χ3v) is 3.33. The molecule has 2 rings (SSSR count). The van der Waals surface area contributed by atoms with Gasteiger partial charge in [-0.05, 0) is 31.0 Å². The van der Waals surface area contributed by atoms with Crippen molar-refractivity contribution >= 4 is 16.7 Å². The average Bonchev–Trinajstić information content (AvgIpc) is 2.49. The largest absolute Gasteiger partial charge is 0.497 e. The molecule has 0 saturated carbocycles. The van der Waals surface area contributed by atoms with Crippen LogP contribution in [0.15, 0.2) is 23.0 Å². The van der Waals surface area contributed by atoms with Crippen LogP contribution in [0.4, 0.5) is 0 Å². The molecule has 22 heavy (non-hydrogen) atoms. The van der Waals surface area contributed by atoms with Gasteiger partial charge in [0.15, 0.2) is 0 Å². The van der Waals surface area contributed by atoms with Crippen molar-refractivity contribution in [3.05, 3.63) is 34.2 Å². The Labute approximate surface area is 128 Å². The van der Waals surface area contributed by atoms with Gasteiger partial charge in [0, 0.05) is 5.39 Å². The Morgan fingerprint density at radius 1 is 1.32 bits per heavy atom. The van der Waals surface area contributed by atoms with E-state index in [0.717, 1.165) is 11.1 Å². The van der Waals surface area contributed by atoms with E-state index in [4.69, 9.17) is 9.47 Å². The highest BCUT2D eigenvalue weighted by atomic mass is 16.5. The minimum atomic E-state index is -0.473. The van der Waals surface area contributed by atoms with Crippen LogP contribution in [0.1, 0.15) is 32.4 Å². The maximum Gasteiger partial charge on any atom is 0.327 e. The normalized spacial score (nSPS) is 11.0. The Balaban J connectivity index is 2.63. The fourth-order valence-electron chi connectivity index (χ4n) is 2.28. The third kappa shape index (κ3) is 3.10. The number of aromatic nitrogens is 2. The smallest absolute Gasteiger partial charge is 0.327 e. The zero-order valence-electron chi connectivity index (χ0n) is 13.3. The van der Waals surface area contributed by atoms with Crippen LogP contribution in [-0.4, -0.2) is 29.5 Å². The highest BCUT2D eigenvalue weighted by molar-refractivity contribution is 5.85. The summed E-state index contributed by atoms with van der Waals surface area (Å²) in [6.45, 7) is 5.78. The minimum Gasteiger partial charge on any atom is -0.497 e. The highest BCUT2D eigenvalue weighted by Crippen LogP contribution is 2.25. The summed E-state index contributed by atoms with van der Waals surface area (Å²) in [5.41, 5.74) is 0.438. The fourth-order valence-corrected chi connectivity index (χ4v) is 2.28. The molecule has 0 aliphatic rings. The lowest BCUT2D eigenvalue weighted by Gasteiger charge is -2.13. The van der Waals surface area contributed by atoms with Crippen molar-refractivity contribution in [3.8, 4) is 5.75 Å². The monoisotopic (exact) mass is 304 g/mol. The quantitative estimate of drug-likeness (QED) is 0.791. The van der Waals surface area contributed by atoms with Crippen molar-refractivity contribution < 1.29 is 14.3 Å². The summed E-state index contributed by atoms with van der Waals surface area (Å²) >= 11 is 0. The van der Waals surface area contributed by atoms with E-state index in [0.29, 0.717) is 11.1 Å². The number of hydrogen-bond donors (Lipinski definition) is 0. The Morgan fingerprint density at radius 3 is 2.64 bits per heavy atom. The van der Waals surface area contributed by atoms with Gasteiger partial charge >= 0.3 is 5.97 Å². The van der Waals surface area contributed by atoms with Gasteiger partial charge in [-0.3, -0.25) is 9.59 Å². The molecule has 0 aliphatic heterocycles. The van der Waals surface area contributed by atoms with Gasteiger partial charge in [-0.1, -0.05) is 13.8 Å². The molecule has 6 heteroatoms. The number of benzene rings is 1. The molecule has 1 aromatic carbocycles. The zero-order valence-corrected chi connectivity index (χ0v) is 13.3. The molecule has 0 N–H and O–H groups in total. The molecule has 0 fully saturated rings. The molecular weight excluding hydrogens is 284 g/mol. The average molecular weight is 304 g/mol. The Bertz CT molecular complexity index is 750. The molecule has 0 saturated heterocycles. The van der Waals surface area contributed by atoms with Crippen LogP contribution in [0.25, 0.3) is 10.8 Å². The number of methoxy groups -OCH3 is 1. The number of esters is 1. The van der Waals surface area contributed by atoms with E-state index < -0.39 is 5.97 Å². The first kappa shape index (κ1) is 16.0. The number of rotatable bonds is 5. The molecule has 0 amide bonds. The van der Waals surface area contributed by atoms with E-state index in [2.05, 4.69) is 5.10 Å². The van der Waals surface area contributed by atoms with Gasteiger partial charge in [0.1, 0.15) is 12.3 Å². The molecular formula is C16H20N2O4. The Hall–Kier alpha value is -2.37. The number of fused-ring (bicyclic) bond motifs is 1. The molecule has 0 spiro atoms. The summed E-state index contributed by atoms with van der Waals surface area (Å²) in [7, 11) is 1.58. The maximum absolute atomic E-state index is 12.5. The minimum absolute atomic E-state index is 0.101. The van der Waals surface area contributed by atoms with Crippen LogP contribution in [-0.2, 0) is 16.1 Å². The summed E-state index contributed by atoms with van der Waals surface area (Å²) in [5, 5.41) is 5.61. The van der Waals surface area contributed by atoms with Gasteiger partial charge in [0.25, 0.3) is 5.56 Å². The molecule has 0 atom stereocenters. The lowest BCUT2D eigenvalue weighted by molar-refractivity contribution is -0.144. The van der Waals surface area contributed by atoms with Crippen LogP contribution >= 0.6 is 0 Å². The van der Waals surface area contributed by atoms with E-state index in [1.807, 2.05) is 13.8 Å². The van der Waals surface area contributed by atoms with Gasteiger partial charge in [-0.25, -0.2) is 4.68 Å². The van der Waals surface area contributed by atoms with E-state index in [1.165, 1.54) is 4.68 Å². The van der Waals surface area contributed by atoms with Gasteiger partial charge < -0.3 is 9.47 Å². The van der Waals surface area contributed by atoms with E-state index >= 15 is 0 Å². The van der Waals surface area contributed by atoms with Gasteiger partial charge in [0.05, 0.1) is 24.8 Å². The molecule has 118 valence electrons. The number of ether oxygens (including phenoxy) is 2. The van der Waals surface area contributed by atoms with Gasteiger partial charge in [0.2, 0.25) is 0 Å². The first-order valence-corrected chi connectivity index (χ1v) is 7.22. The first-order valence-electron chi connectivity index (χ1n) is 7.22. The molecule has 0 aliphatic carbocycles. The number of carbonyl (C=O) groups is 1. The van der Waals surface area contributed by atoms with Gasteiger partial charge in [-0.15, -0.1) is 0 Å². The predicted octanol–water partition coefficient (Wildman–Crippen LogP) is 2.09. The SMILES string of the molecule is CCOC(=O)Cn1nc(C(C)C)c2cc(OC)ccc2c1=O. The molecule has 1 heterocycles. The predicted molar refractivity (Wildman–Crippen MR) is 83.3 cm³/mol. The molecule has 0 unspecified atom stereocenters. The second-order valence-corrected chi connectivity index (χ2v) is 5.22. The third-order valence-electron chi connectivity index (χ3n) is 3.33. The molecule has 6 nitrogen and oxygen atoms in total. The fraction of sp³-hybridized carbons (Fsp3) is 0.438. The summed E-state index contributed by atoms with van der Waals surface area (Å²) in [6.07, 6.45) is 0. The van der Waals surface area contributed by atoms with Crippen LogP contribution in [0.3, 0.4) is 0 Å². The number of carbonyl (C=O) groups excluding carboxylic acids is 1. The van der Waals surface area contributed by atoms with Crippen LogP contribution in [0, 0.1) is 0 Å². The topological polar surface area (TPSA) is 70.4 Å². The van der Waals surface area contributed by atoms with E-state index in [1.54, 1.807) is 32.2 Å². The van der Waals surface area contributed by atoms with Crippen LogP contribution in [0.5, 0.6) is 5.75 Å². The first-order chi connectivity index (χ1) is 10.5. The highest BCUT2D eigenvalue weighted by Gasteiger charge is 2.16. The summed E-state index contributed by atoms with van der Waals surface area (Å²) in [5.74, 6) is 0.294. The number of hydrogen-bond acceptors (Lipinski definition) is 5. The van der Waals surface area contributed by atoms with Crippen molar-refractivity contribution in [2.24, 2.45) is 0 Å². The molecule has 0 bridgehead atoms.